The van der Waals surface area contributed by atoms with Crippen molar-refractivity contribution in [2.45, 2.75) is 25.9 Å². The summed E-state index contributed by atoms with van der Waals surface area (Å²) in [6.07, 6.45) is 1.65. The van der Waals surface area contributed by atoms with Gasteiger partial charge in [0, 0.05) is 6.20 Å². The lowest BCUT2D eigenvalue weighted by atomic mass is 10.0. The molecule has 0 N–H and O–H groups in total. The van der Waals surface area contributed by atoms with E-state index in [0.717, 1.165) is 4.47 Å². The Labute approximate surface area is 156 Å². The minimum Gasteiger partial charge on any atom is -0.484 e. The smallest absolute Gasteiger partial charge is 0.260 e. The van der Waals surface area contributed by atoms with Crippen LogP contribution in [-0.4, -0.2) is 41.6 Å². The van der Waals surface area contributed by atoms with Crippen LogP contribution in [0, 0.1) is 0 Å². The predicted molar refractivity (Wildman–Crippen MR) is 99.0 cm³/mol. The Balaban J connectivity index is 1.42. The van der Waals surface area contributed by atoms with Crippen LogP contribution >= 0.6 is 15.9 Å². The summed E-state index contributed by atoms with van der Waals surface area (Å²) >= 11 is 3.40. The maximum Gasteiger partial charge on any atom is 0.260 e. The van der Waals surface area contributed by atoms with E-state index in [1.807, 2.05) is 36.4 Å². The molecule has 1 aromatic heterocycles. The molecular weight excluding hydrogens is 384 g/mol. The molecule has 1 fully saturated rings. The zero-order chi connectivity index (χ0) is 17.8. The number of ether oxygens (including phenoxy) is 2. The van der Waals surface area contributed by atoms with Crippen molar-refractivity contribution in [3.63, 3.8) is 0 Å². The van der Waals surface area contributed by atoms with Crippen LogP contribution in [0.4, 0.5) is 0 Å². The van der Waals surface area contributed by atoms with Crippen molar-refractivity contribution in [2.75, 3.05) is 19.7 Å². The highest BCUT2D eigenvalue weighted by molar-refractivity contribution is 9.10. The van der Waals surface area contributed by atoms with Crippen LogP contribution in [0.2, 0.25) is 0 Å². The van der Waals surface area contributed by atoms with Gasteiger partial charge in [-0.1, -0.05) is 26.0 Å². The van der Waals surface area contributed by atoms with Crippen molar-refractivity contribution in [1.29, 1.82) is 0 Å². The monoisotopic (exact) mass is 404 g/mol. The number of aromatic nitrogens is 1. The molecule has 1 aliphatic rings. The van der Waals surface area contributed by atoms with E-state index in [0.29, 0.717) is 30.6 Å². The van der Waals surface area contributed by atoms with Crippen LogP contribution in [-0.2, 0) is 4.79 Å². The third-order valence-corrected chi connectivity index (χ3v) is 4.72. The Hall–Kier alpha value is -2.08. The van der Waals surface area contributed by atoms with Crippen molar-refractivity contribution >= 4 is 21.8 Å². The maximum absolute atomic E-state index is 12.2. The molecule has 0 unspecified atom stereocenters. The molecule has 25 heavy (non-hydrogen) atoms. The van der Waals surface area contributed by atoms with E-state index >= 15 is 0 Å². The molecule has 2 aromatic rings. The highest BCUT2D eigenvalue weighted by Crippen LogP contribution is 2.24. The second-order valence-electron chi connectivity index (χ2n) is 6.34. The topological polar surface area (TPSA) is 51.7 Å². The zero-order valence-electron chi connectivity index (χ0n) is 14.3. The number of hydrogen-bond acceptors (Lipinski definition) is 4. The largest absolute Gasteiger partial charge is 0.484 e. The number of likely N-dealkylation sites (tertiary alicyclic amines) is 1. The highest BCUT2D eigenvalue weighted by atomic mass is 79.9. The SMILES string of the molecule is CC(C)c1ccc(OCC(=O)N2CC(Oc3ncccc3Br)C2)cc1. The molecule has 132 valence electrons. The van der Waals surface area contributed by atoms with Gasteiger partial charge in [0.1, 0.15) is 11.9 Å². The summed E-state index contributed by atoms with van der Waals surface area (Å²) in [4.78, 5) is 18.1. The third-order valence-electron chi connectivity index (χ3n) is 4.11. The van der Waals surface area contributed by atoms with Gasteiger partial charge in [0.25, 0.3) is 5.91 Å². The van der Waals surface area contributed by atoms with Crippen molar-refractivity contribution in [3.8, 4) is 11.6 Å². The fourth-order valence-electron chi connectivity index (χ4n) is 2.52. The number of amides is 1. The quantitative estimate of drug-likeness (QED) is 0.737. The summed E-state index contributed by atoms with van der Waals surface area (Å²) in [7, 11) is 0. The fourth-order valence-corrected chi connectivity index (χ4v) is 2.87. The summed E-state index contributed by atoms with van der Waals surface area (Å²) in [5.74, 6) is 1.71. The fraction of sp³-hybridized carbons (Fsp3) is 0.368. The zero-order valence-corrected chi connectivity index (χ0v) is 15.9. The van der Waals surface area contributed by atoms with Gasteiger partial charge in [-0.2, -0.15) is 0 Å². The van der Waals surface area contributed by atoms with Gasteiger partial charge in [-0.05, 0) is 51.7 Å². The van der Waals surface area contributed by atoms with E-state index in [9.17, 15) is 4.79 Å². The normalized spacial score (nSPS) is 14.3. The first-order valence-corrected chi connectivity index (χ1v) is 9.10. The van der Waals surface area contributed by atoms with E-state index < -0.39 is 0 Å². The van der Waals surface area contributed by atoms with Crippen molar-refractivity contribution in [3.05, 3.63) is 52.6 Å². The Morgan fingerprint density at radius 2 is 2.00 bits per heavy atom. The molecule has 0 bridgehead atoms. The third kappa shape index (κ3) is 4.51. The summed E-state index contributed by atoms with van der Waals surface area (Å²) in [5.41, 5.74) is 1.25. The van der Waals surface area contributed by atoms with Gasteiger partial charge in [-0.25, -0.2) is 4.98 Å². The van der Waals surface area contributed by atoms with Crippen molar-refractivity contribution < 1.29 is 14.3 Å². The Morgan fingerprint density at radius 3 is 2.64 bits per heavy atom. The van der Waals surface area contributed by atoms with Gasteiger partial charge < -0.3 is 14.4 Å². The number of carbonyl (C=O) groups is 1. The second kappa shape index (κ2) is 7.87. The second-order valence-corrected chi connectivity index (χ2v) is 7.20. The molecule has 0 saturated carbocycles. The van der Waals surface area contributed by atoms with E-state index in [1.54, 1.807) is 11.1 Å². The van der Waals surface area contributed by atoms with Crippen LogP contribution in [0.3, 0.4) is 0 Å². The van der Waals surface area contributed by atoms with Gasteiger partial charge in [-0.3, -0.25) is 4.79 Å². The number of hydrogen-bond donors (Lipinski definition) is 0. The molecule has 0 spiro atoms. The van der Waals surface area contributed by atoms with E-state index in [4.69, 9.17) is 9.47 Å². The number of rotatable bonds is 6. The molecule has 5 nitrogen and oxygen atoms in total. The average molecular weight is 405 g/mol. The molecule has 0 radical (unpaired) electrons. The number of pyridine rings is 1. The number of benzene rings is 1. The van der Waals surface area contributed by atoms with Gasteiger partial charge in [0.15, 0.2) is 6.61 Å². The molecular formula is C19H21BrN2O3. The van der Waals surface area contributed by atoms with Crippen molar-refractivity contribution in [1.82, 2.24) is 9.88 Å². The lowest BCUT2D eigenvalue weighted by Gasteiger charge is -2.38. The first-order chi connectivity index (χ1) is 12.0. The number of nitrogens with zero attached hydrogens (tertiary/aromatic N) is 2. The predicted octanol–water partition coefficient (Wildman–Crippen LogP) is 3.64. The molecule has 1 aromatic carbocycles. The molecule has 0 atom stereocenters. The van der Waals surface area contributed by atoms with Crippen LogP contribution in [0.5, 0.6) is 11.6 Å². The first kappa shape index (κ1) is 17.7. The molecule has 3 rings (SSSR count). The lowest BCUT2D eigenvalue weighted by molar-refractivity contribution is -0.142. The van der Waals surface area contributed by atoms with Crippen LogP contribution in [0.1, 0.15) is 25.3 Å². The Kier molecular flexibility index (Phi) is 5.58. The molecule has 1 amide bonds. The molecule has 2 heterocycles. The minimum atomic E-state index is -0.0344. The first-order valence-electron chi connectivity index (χ1n) is 8.30. The number of halogens is 1. The van der Waals surface area contributed by atoms with Crippen LogP contribution < -0.4 is 9.47 Å². The highest BCUT2D eigenvalue weighted by Gasteiger charge is 2.33. The van der Waals surface area contributed by atoms with Gasteiger partial charge in [0.05, 0.1) is 17.6 Å². The Bertz CT molecular complexity index is 728. The average Bonchev–Trinajstić information content (AvgIpc) is 2.57. The van der Waals surface area contributed by atoms with Gasteiger partial charge >= 0.3 is 0 Å². The maximum atomic E-state index is 12.2. The Morgan fingerprint density at radius 1 is 1.28 bits per heavy atom. The van der Waals surface area contributed by atoms with Crippen LogP contribution in [0.25, 0.3) is 0 Å². The van der Waals surface area contributed by atoms with E-state index in [-0.39, 0.29) is 18.6 Å². The van der Waals surface area contributed by atoms with E-state index in [2.05, 4.69) is 34.8 Å². The molecule has 0 aliphatic carbocycles. The van der Waals surface area contributed by atoms with Gasteiger partial charge in [-0.15, -0.1) is 0 Å². The van der Waals surface area contributed by atoms with Crippen LogP contribution in [0.15, 0.2) is 47.1 Å². The summed E-state index contributed by atoms with van der Waals surface area (Å²) in [6.45, 7) is 5.44. The molecule has 1 saturated heterocycles. The molecule has 1 aliphatic heterocycles. The summed E-state index contributed by atoms with van der Waals surface area (Å²) in [5, 5.41) is 0. The lowest BCUT2D eigenvalue weighted by Crippen LogP contribution is -2.57. The van der Waals surface area contributed by atoms with Gasteiger partial charge in [0.2, 0.25) is 5.88 Å². The van der Waals surface area contributed by atoms with Crippen molar-refractivity contribution in [2.24, 2.45) is 0 Å². The standard InChI is InChI=1S/C19H21BrN2O3/c1-13(2)14-5-7-15(8-6-14)24-12-18(23)22-10-16(11-22)25-19-17(20)4-3-9-21-19/h3-9,13,16H,10-12H2,1-2H3. The minimum absolute atomic E-state index is 0.0273. The summed E-state index contributed by atoms with van der Waals surface area (Å²) in [6, 6.07) is 11.6. The number of carbonyl (C=O) groups excluding carboxylic acids is 1. The molecule has 6 heteroatoms. The summed E-state index contributed by atoms with van der Waals surface area (Å²) < 4.78 is 12.2. The van der Waals surface area contributed by atoms with E-state index in [1.165, 1.54) is 5.56 Å².